The lowest BCUT2D eigenvalue weighted by Crippen LogP contribution is -2.42. The van der Waals surface area contributed by atoms with Crippen LogP contribution in [0.5, 0.6) is 0 Å². The SMILES string of the molecule is O=C(NCC1CCN(S(=O)(=O)c2cccnc2)CC1)C1CCCCC1. The van der Waals surface area contributed by atoms with Gasteiger partial charge >= 0.3 is 0 Å². The predicted octanol–water partition coefficient (Wildman–Crippen LogP) is 2.18. The zero-order valence-corrected chi connectivity index (χ0v) is 15.4. The van der Waals surface area contributed by atoms with Gasteiger partial charge in [0, 0.05) is 37.9 Å². The fourth-order valence-corrected chi connectivity index (χ4v) is 5.19. The molecule has 3 rings (SSSR count). The summed E-state index contributed by atoms with van der Waals surface area (Å²) in [6, 6.07) is 3.22. The molecule has 0 radical (unpaired) electrons. The largest absolute Gasteiger partial charge is 0.356 e. The zero-order valence-electron chi connectivity index (χ0n) is 14.6. The van der Waals surface area contributed by atoms with Crippen LogP contribution in [-0.4, -0.2) is 43.2 Å². The highest BCUT2D eigenvalue weighted by Crippen LogP contribution is 2.25. The van der Waals surface area contributed by atoms with E-state index in [1.807, 2.05) is 0 Å². The Labute approximate surface area is 150 Å². The Morgan fingerprint density at radius 1 is 1.16 bits per heavy atom. The number of hydrogen-bond acceptors (Lipinski definition) is 4. The smallest absolute Gasteiger partial charge is 0.244 e. The number of aromatic nitrogens is 1. The molecule has 7 heteroatoms. The monoisotopic (exact) mass is 365 g/mol. The lowest BCUT2D eigenvalue weighted by Gasteiger charge is -2.31. The molecule has 1 aliphatic carbocycles. The molecule has 1 amide bonds. The first-order chi connectivity index (χ1) is 12.1. The van der Waals surface area contributed by atoms with E-state index in [9.17, 15) is 13.2 Å². The van der Waals surface area contributed by atoms with Gasteiger partial charge in [0.2, 0.25) is 15.9 Å². The molecule has 2 fully saturated rings. The van der Waals surface area contributed by atoms with Gasteiger partial charge in [-0.3, -0.25) is 9.78 Å². The van der Waals surface area contributed by atoms with E-state index in [-0.39, 0.29) is 16.7 Å². The summed E-state index contributed by atoms with van der Waals surface area (Å²) in [6.45, 7) is 1.67. The molecule has 0 spiro atoms. The predicted molar refractivity (Wildman–Crippen MR) is 95.3 cm³/mol. The first-order valence-electron chi connectivity index (χ1n) is 9.25. The number of sulfonamides is 1. The maximum absolute atomic E-state index is 12.6. The maximum atomic E-state index is 12.6. The Hall–Kier alpha value is -1.47. The first-order valence-corrected chi connectivity index (χ1v) is 10.7. The molecule has 2 aliphatic rings. The highest BCUT2D eigenvalue weighted by molar-refractivity contribution is 7.89. The number of pyridine rings is 1. The quantitative estimate of drug-likeness (QED) is 0.867. The first kappa shape index (κ1) is 18.3. The standard InChI is InChI=1S/C18H27N3O3S/c22-18(16-5-2-1-3-6-16)20-13-15-8-11-21(12-9-15)25(23,24)17-7-4-10-19-14-17/h4,7,10,14-16H,1-3,5-6,8-9,11-13H2,(H,20,22). The zero-order chi connectivity index (χ0) is 17.7. The van der Waals surface area contributed by atoms with Crippen molar-refractivity contribution in [2.45, 2.75) is 49.8 Å². The molecule has 0 unspecified atom stereocenters. The normalized spacial score (nSPS) is 21.1. The summed E-state index contributed by atoms with van der Waals surface area (Å²) in [6.07, 6.45) is 10.1. The van der Waals surface area contributed by atoms with Crippen molar-refractivity contribution in [3.05, 3.63) is 24.5 Å². The Balaban J connectivity index is 1.46. The Morgan fingerprint density at radius 3 is 2.52 bits per heavy atom. The Kier molecular flexibility index (Phi) is 6.06. The Bertz CT molecular complexity index is 664. The van der Waals surface area contributed by atoms with Gasteiger partial charge in [-0.15, -0.1) is 0 Å². The molecule has 25 heavy (non-hydrogen) atoms. The van der Waals surface area contributed by atoms with Gasteiger partial charge in [0.1, 0.15) is 4.90 Å². The van der Waals surface area contributed by atoms with Gasteiger partial charge in [0.15, 0.2) is 0 Å². The lowest BCUT2D eigenvalue weighted by atomic mass is 9.88. The highest BCUT2D eigenvalue weighted by atomic mass is 32.2. The van der Waals surface area contributed by atoms with Gasteiger partial charge in [0.25, 0.3) is 0 Å². The fraction of sp³-hybridized carbons (Fsp3) is 0.667. The van der Waals surface area contributed by atoms with E-state index in [0.29, 0.717) is 25.6 Å². The van der Waals surface area contributed by atoms with E-state index in [1.54, 1.807) is 18.3 Å². The molecule has 0 atom stereocenters. The minimum atomic E-state index is -3.45. The van der Waals surface area contributed by atoms with Crippen LogP contribution in [-0.2, 0) is 14.8 Å². The van der Waals surface area contributed by atoms with E-state index in [1.165, 1.54) is 16.9 Å². The van der Waals surface area contributed by atoms with E-state index in [0.717, 1.165) is 38.5 Å². The van der Waals surface area contributed by atoms with Crippen molar-refractivity contribution >= 4 is 15.9 Å². The summed E-state index contributed by atoms with van der Waals surface area (Å²) in [5.41, 5.74) is 0. The van der Waals surface area contributed by atoms with Crippen LogP contribution >= 0.6 is 0 Å². The molecular formula is C18H27N3O3S. The second-order valence-corrected chi connectivity index (χ2v) is 9.05. The molecule has 1 aromatic rings. The highest BCUT2D eigenvalue weighted by Gasteiger charge is 2.30. The Morgan fingerprint density at radius 2 is 1.88 bits per heavy atom. The summed E-state index contributed by atoms with van der Waals surface area (Å²) in [5, 5.41) is 3.09. The lowest BCUT2D eigenvalue weighted by molar-refractivity contribution is -0.126. The van der Waals surface area contributed by atoms with Crippen LogP contribution in [0.2, 0.25) is 0 Å². The summed E-state index contributed by atoms with van der Waals surface area (Å²) in [5.74, 6) is 0.720. The molecule has 0 aromatic carbocycles. The van der Waals surface area contributed by atoms with Gasteiger partial charge in [-0.25, -0.2) is 8.42 Å². The molecule has 6 nitrogen and oxygen atoms in total. The minimum Gasteiger partial charge on any atom is -0.356 e. The molecule has 1 saturated heterocycles. The van der Waals surface area contributed by atoms with E-state index < -0.39 is 10.0 Å². The second kappa shape index (κ2) is 8.27. The van der Waals surface area contributed by atoms with E-state index >= 15 is 0 Å². The van der Waals surface area contributed by atoms with Crippen molar-refractivity contribution < 1.29 is 13.2 Å². The molecule has 1 aromatic heterocycles. The molecule has 1 N–H and O–H groups in total. The third kappa shape index (κ3) is 4.58. The van der Waals surface area contributed by atoms with Crippen LogP contribution in [0.1, 0.15) is 44.9 Å². The molecule has 0 bridgehead atoms. The number of nitrogens with zero attached hydrogens (tertiary/aromatic N) is 2. The molecule has 2 heterocycles. The van der Waals surface area contributed by atoms with Gasteiger partial charge in [-0.2, -0.15) is 4.31 Å². The van der Waals surface area contributed by atoms with Crippen LogP contribution in [0.3, 0.4) is 0 Å². The van der Waals surface area contributed by atoms with Crippen LogP contribution < -0.4 is 5.32 Å². The summed E-state index contributed by atoms with van der Waals surface area (Å²) >= 11 is 0. The van der Waals surface area contributed by atoms with Crippen molar-refractivity contribution in [1.29, 1.82) is 0 Å². The number of rotatable bonds is 5. The number of hydrogen-bond donors (Lipinski definition) is 1. The van der Waals surface area contributed by atoms with E-state index in [2.05, 4.69) is 10.3 Å². The number of nitrogens with one attached hydrogen (secondary N) is 1. The minimum absolute atomic E-state index is 0.180. The third-order valence-electron chi connectivity index (χ3n) is 5.39. The molecule has 1 saturated carbocycles. The number of piperidine rings is 1. The molecule has 1 aliphatic heterocycles. The van der Waals surface area contributed by atoms with Crippen molar-refractivity contribution in [2.75, 3.05) is 19.6 Å². The topological polar surface area (TPSA) is 79.4 Å². The van der Waals surface area contributed by atoms with E-state index in [4.69, 9.17) is 0 Å². The van der Waals surface area contributed by atoms with Gasteiger partial charge in [0.05, 0.1) is 0 Å². The average Bonchev–Trinajstić information content (AvgIpc) is 2.68. The van der Waals surface area contributed by atoms with Crippen molar-refractivity contribution in [2.24, 2.45) is 11.8 Å². The van der Waals surface area contributed by atoms with Gasteiger partial charge in [-0.1, -0.05) is 19.3 Å². The van der Waals surface area contributed by atoms with Crippen molar-refractivity contribution in [1.82, 2.24) is 14.6 Å². The van der Waals surface area contributed by atoms with Crippen LogP contribution in [0.4, 0.5) is 0 Å². The van der Waals surface area contributed by atoms with Gasteiger partial charge in [-0.05, 0) is 43.7 Å². The van der Waals surface area contributed by atoms with Crippen molar-refractivity contribution in [3.8, 4) is 0 Å². The average molecular weight is 365 g/mol. The van der Waals surface area contributed by atoms with Crippen LogP contribution in [0.15, 0.2) is 29.4 Å². The van der Waals surface area contributed by atoms with Gasteiger partial charge < -0.3 is 5.32 Å². The summed E-state index contributed by atoms with van der Waals surface area (Å²) in [4.78, 5) is 16.4. The second-order valence-electron chi connectivity index (χ2n) is 7.12. The number of carbonyl (C=O) groups excluding carboxylic acids is 1. The summed E-state index contributed by atoms with van der Waals surface area (Å²) < 4.78 is 26.7. The third-order valence-corrected chi connectivity index (χ3v) is 7.27. The summed E-state index contributed by atoms with van der Waals surface area (Å²) in [7, 11) is -3.45. The van der Waals surface area contributed by atoms with Crippen LogP contribution in [0, 0.1) is 11.8 Å². The molecular weight excluding hydrogens is 338 g/mol. The van der Waals surface area contributed by atoms with Crippen molar-refractivity contribution in [3.63, 3.8) is 0 Å². The number of carbonyl (C=O) groups is 1. The maximum Gasteiger partial charge on any atom is 0.244 e. The number of amides is 1. The van der Waals surface area contributed by atoms with Crippen LogP contribution in [0.25, 0.3) is 0 Å². The molecule has 138 valence electrons. The fourth-order valence-electron chi connectivity index (χ4n) is 3.76.